The van der Waals surface area contributed by atoms with Crippen LogP contribution >= 0.6 is 0 Å². The molecule has 8 heteroatoms. The van der Waals surface area contributed by atoms with Gasteiger partial charge in [-0.05, 0) is 44.9 Å². The summed E-state index contributed by atoms with van der Waals surface area (Å²) in [5.41, 5.74) is 0. The normalized spacial score (nSPS) is 22.5. The van der Waals surface area contributed by atoms with Gasteiger partial charge in [0.05, 0.1) is 18.8 Å². The molecule has 7 atom stereocenters. The first-order chi connectivity index (χ1) is 23.8. The highest BCUT2D eigenvalue weighted by atomic mass is 16.5. The van der Waals surface area contributed by atoms with Crippen LogP contribution in [-0.2, 0) is 9.53 Å². The van der Waals surface area contributed by atoms with Gasteiger partial charge in [0.15, 0.2) is 0 Å². The van der Waals surface area contributed by atoms with Crippen LogP contribution in [0.2, 0.25) is 0 Å². The molecule has 0 aromatic rings. The number of allylic oxidation sites excluding steroid dienone is 2. The second-order valence-electron chi connectivity index (χ2n) is 14.9. The Morgan fingerprint density at radius 1 is 0.633 bits per heavy atom. The molecule has 0 aromatic heterocycles. The van der Waals surface area contributed by atoms with E-state index in [9.17, 15) is 30.3 Å². The van der Waals surface area contributed by atoms with Crippen molar-refractivity contribution in [3.8, 4) is 0 Å². The molecule has 1 amide bonds. The van der Waals surface area contributed by atoms with Gasteiger partial charge in [-0.15, -0.1) is 0 Å². The average molecular weight is 698 g/mol. The first kappa shape index (κ1) is 46.0. The van der Waals surface area contributed by atoms with Gasteiger partial charge in [0.2, 0.25) is 5.91 Å². The van der Waals surface area contributed by atoms with Gasteiger partial charge in [0.25, 0.3) is 0 Å². The van der Waals surface area contributed by atoms with Crippen LogP contribution in [0.1, 0.15) is 181 Å². The van der Waals surface area contributed by atoms with Crippen molar-refractivity contribution in [3.05, 3.63) is 12.2 Å². The average Bonchev–Trinajstić information content (AvgIpc) is 3.10. The van der Waals surface area contributed by atoms with Gasteiger partial charge in [-0.3, -0.25) is 4.79 Å². The number of aliphatic hydroxyl groups is 5. The molecule has 1 rings (SSSR count). The van der Waals surface area contributed by atoms with E-state index in [1.54, 1.807) is 0 Å². The number of carbonyl (C=O) groups is 1. The van der Waals surface area contributed by atoms with Crippen LogP contribution in [0.3, 0.4) is 0 Å². The second kappa shape index (κ2) is 30.6. The maximum atomic E-state index is 14.1. The molecule has 1 heterocycles. The Balaban J connectivity index is 2.71. The summed E-state index contributed by atoms with van der Waals surface area (Å²) < 4.78 is 5.66. The SMILES string of the molecule is CCCCCC=CCCCCCN(CC(O)C[C@@H]1O[C@H](CO)[C@@H](O)[C@H](O)[C@H]1O)C(=O)C(CCCC)CCCCCCCCCCCCCC. The van der Waals surface area contributed by atoms with E-state index in [-0.39, 0.29) is 24.8 Å². The summed E-state index contributed by atoms with van der Waals surface area (Å²) >= 11 is 0. The van der Waals surface area contributed by atoms with Crippen molar-refractivity contribution in [2.24, 2.45) is 5.92 Å². The Hall–Kier alpha value is -1.03. The fourth-order valence-electron chi connectivity index (χ4n) is 7.08. The maximum absolute atomic E-state index is 14.1. The monoisotopic (exact) mass is 698 g/mol. The fraction of sp³-hybridized carbons (Fsp3) is 0.927. The lowest BCUT2D eigenvalue weighted by atomic mass is 9.91. The lowest BCUT2D eigenvalue weighted by Crippen LogP contribution is -2.59. The lowest BCUT2D eigenvalue weighted by molar-refractivity contribution is -0.234. The molecule has 1 fully saturated rings. The number of aliphatic hydroxyl groups excluding tert-OH is 5. The van der Waals surface area contributed by atoms with Crippen LogP contribution in [-0.4, -0.2) is 92.7 Å². The largest absolute Gasteiger partial charge is 0.394 e. The van der Waals surface area contributed by atoms with Gasteiger partial charge in [0, 0.05) is 25.4 Å². The smallest absolute Gasteiger partial charge is 0.225 e. The zero-order chi connectivity index (χ0) is 36.1. The quantitative estimate of drug-likeness (QED) is 0.0356. The molecule has 0 radical (unpaired) electrons. The molecule has 0 saturated carbocycles. The predicted octanol–water partition coefficient (Wildman–Crippen LogP) is 8.00. The molecule has 0 aromatic carbocycles. The number of unbranched alkanes of at least 4 members (excludes halogenated alkanes) is 18. The summed E-state index contributed by atoms with van der Waals surface area (Å²) in [6.45, 7) is 6.84. The van der Waals surface area contributed by atoms with Crippen LogP contribution in [0.25, 0.3) is 0 Å². The Bertz CT molecular complexity index is 794. The maximum Gasteiger partial charge on any atom is 0.225 e. The minimum absolute atomic E-state index is 0.00752. The van der Waals surface area contributed by atoms with Crippen molar-refractivity contribution >= 4 is 5.91 Å². The molecule has 5 N–H and O–H groups in total. The van der Waals surface area contributed by atoms with E-state index in [0.29, 0.717) is 6.54 Å². The summed E-state index contributed by atoms with van der Waals surface area (Å²) in [5.74, 6) is 0.0498. The minimum atomic E-state index is -1.48. The third kappa shape index (κ3) is 21.2. The summed E-state index contributed by atoms with van der Waals surface area (Å²) in [6.07, 6.45) is 25.4. The first-order valence-corrected chi connectivity index (χ1v) is 20.7. The van der Waals surface area contributed by atoms with E-state index >= 15 is 0 Å². The third-order valence-electron chi connectivity index (χ3n) is 10.3. The zero-order valence-corrected chi connectivity index (χ0v) is 32.0. The molecule has 8 nitrogen and oxygen atoms in total. The molecule has 1 aliphatic rings. The Kier molecular flexibility index (Phi) is 28.7. The molecular weight excluding hydrogens is 618 g/mol. The number of amides is 1. The minimum Gasteiger partial charge on any atom is -0.394 e. The molecule has 0 aliphatic carbocycles. The summed E-state index contributed by atoms with van der Waals surface area (Å²) in [7, 11) is 0. The van der Waals surface area contributed by atoms with E-state index in [1.165, 1.54) is 83.5 Å². The third-order valence-corrected chi connectivity index (χ3v) is 10.3. The number of nitrogens with zero attached hydrogens (tertiary/aromatic N) is 1. The van der Waals surface area contributed by atoms with Gasteiger partial charge in [-0.2, -0.15) is 0 Å². The summed E-state index contributed by atoms with van der Waals surface area (Å²) in [6, 6.07) is 0. The molecule has 1 saturated heterocycles. The van der Waals surface area contributed by atoms with Crippen LogP contribution in [0.4, 0.5) is 0 Å². The summed E-state index contributed by atoms with van der Waals surface area (Å²) in [5, 5.41) is 51.7. The highest BCUT2D eigenvalue weighted by molar-refractivity contribution is 5.78. The fourth-order valence-corrected chi connectivity index (χ4v) is 7.08. The van der Waals surface area contributed by atoms with Crippen molar-refractivity contribution in [2.75, 3.05) is 19.7 Å². The first-order valence-electron chi connectivity index (χ1n) is 20.7. The number of carbonyl (C=O) groups excluding carboxylic acids is 1. The van der Waals surface area contributed by atoms with Gasteiger partial charge in [-0.25, -0.2) is 0 Å². The number of rotatable bonds is 32. The highest BCUT2D eigenvalue weighted by Gasteiger charge is 2.44. The number of hydrogen-bond acceptors (Lipinski definition) is 7. The molecule has 0 spiro atoms. The highest BCUT2D eigenvalue weighted by Crippen LogP contribution is 2.26. The second-order valence-corrected chi connectivity index (χ2v) is 14.9. The molecule has 0 bridgehead atoms. The van der Waals surface area contributed by atoms with E-state index in [0.717, 1.165) is 70.6 Å². The molecule has 1 aliphatic heterocycles. The van der Waals surface area contributed by atoms with E-state index in [4.69, 9.17) is 4.74 Å². The predicted molar refractivity (Wildman–Crippen MR) is 201 cm³/mol. The van der Waals surface area contributed by atoms with Gasteiger partial charge in [-0.1, -0.05) is 142 Å². The number of hydrogen-bond donors (Lipinski definition) is 5. The number of ether oxygens (including phenoxy) is 1. The topological polar surface area (TPSA) is 131 Å². The van der Waals surface area contributed by atoms with Crippen molar-refractivity contribution < 1.29 is 35.1 Å². The standard InChI is InChI=1S/C41H79NO7/c1-4-7-10-12-14-16-18-19-20-22-24-26-29-34(28-9-6-3)41(48)42(30-27-25-23-21-17-15-13-11-8-5-2)32-35(44)31-36-38(45)40(47)39(46)37(33-43)49-36/h15,17,34-40,43-47H,4-14,16,18-33H2,1-3H3/t34?,35?,36-,37+,38-,39+,40+/m0/s1. The van der Waals surface area contributed by atoms with E-state index in [2.05, 4.69) is 32.9 Å². The Morgan fingerprint density at radius 2 is 1.10 bits per heavy atom. The van der Waals surface area contributed by atoms with Crippen LogP contribution in [0, 0.1) is 5.92 Å². The van der Waals surface area contributed by atoms with Gasteiger partial charge >= 0.3 is 0 Å². The van der Waals surface area contributed by atoms with E-state index < -0.39 is 43.2 Å². The molecular formula is C41H79NO7. The van der Waals surface area contributed by atoms with Crippen molar-refractivity contribution in [1.29, 1.82) is 0 Å². The van der Waals surface area contributed by atoms with E-state index in [1.807, 2.05) is 4.90 Å². The van der Waals surface area contributed by atoms with Crippen LogP contribution in [0.5, 0.6) is 0 Å². The van der Waals surface area contributed by atoms with Gasteiger partial charge < -0.3 is 35.2 Å². The molecule has 2 unspecified atom stereocenters. The lowest BCUT2D eigenvalue weighted by Gasteiger charge is -2.41. The van der Waals surface area contributed by atoms with Crippen molar-refractivity contribution in [2.45, 2.75) is 218 Å². The molecule has 290 valence electrons. The van der Waals surface area contributed by atoms with Crippen LogP contribution < -0.4 is 0 Å². The van der Waals surface area contributed by atoms with Crippen molar-refractivity contribution in [1.82, 2.24) is 4.90 Å². The zero-order valence-electron chi connectivity index (χ0n) is 32.0. The Labute approximate surface area is 301 Å². The van der Waals surface area contributed by atoms with Gasteiger partial charge in [0.1, 0.15) is 24.4 Å². The van der Waals surface area contributed by atoms with Crippen LogP contribution in [0.15, 0.2) is 12.2 Å². The Morgan fingerprint density at radius 3 is 1.67 bits per heavy atom. The van der Waals surface area contributed by atoms with Crippen molar-refractivity contribution in [3.63, 3.8) is 0 Å². The molecule has 49 heavy (non-hydrogen) atoms. The summed E-state index contributed by atoms with van der Waals surface area (Å²) in [4.78, 5) is 15.9.